The third-order valence-corrected chi connectivity index (χ3v) is 11.4. The van der Waals surface area contributed by atoms with Gasteiger partial charge in [0.1, 0.15) is 35.1 Å². The maximum Gasteiger partial charge on any atom is 0.293 e. The van der Waals surface area contributed by atoms with Gasteiger partial charge >= 0.3 is 0 Å². The molecule has 0 bridgehead atoms. The molecule has 0 saturated heterocycles. The molecule has 1 saturated carbocycles. The van der Waals surface area contributed by atoms with E-state index in [9.17, 15) is 35.6 Å². The molecule has 5 aromatic rings. The quantitative estimate of drug-likeness (QED) is 0.130. The van der Waals surface area contributed by atoms with Gasteiger partial charge in [0.2, 0.25) is 15.9 Å². The van der Waals surface area contributed by atoms with E-state index in [0.717, 1.165) is 12.1 Å². The highest BCUT2D eigenvalue weighted by Gasteiger charge is 2.67. The van der Waals surface area contributed by atoms with Crippen molar-refractivity contribution in [1.29, 1.82) is 0 Å². The molecule has 3 N–H and O–H groups in total. The molecular weight excluding hydrogens is 752 g/mol. The van der Waals surface area contributed by atoms with Gasteiger partial charge in [-0.05, 0) is 74.1 Å². The Balaban J connectivity index is 1.31. The van der Waals surface area contributed by atoms with Crippen LogP contribution < -0.4 is 10.0 Å². The van der Waals surface area contributed by atoms with Crippen LogP contribution in [0.15, 0.2) is 48.7 Å². The summed E-state index contributed by atoms with van der Waals surface area (Å²) in [4.78, 5) is 31.5. The summed E-state index contributed by atoms with van der Waals surface area (Å²) in [5.41, 5.74) is -0.870. The van der Waals surface area contributed by atoms with Crippen LogP contribution in [-0.2, 0) is 33.7 Å². The van der Waals surface area contributed by atoms with Gasteiger partial charge in [0.25, 0.3) is 18.3 Å². The summed E-state index contributed by atoms with van der Waals surface area (Å²) in [5, 5.41) is 12.0. The van der Waals surface area contributed by atoms with Crippen molar-refractivity contribution in [3.05, 3.63) is 99.1 Å². The number of nitrogens with one attached hydrogen (secondary N) is 3. The lowest BCUT2D eigenvalue weighted by Crippen LogP contribution is -2.36. The Morgan fingerprint density at radius 2 is 1.79 bits per heavy atom. The molecule has 3 atom stereocenters. The van der Waals surface area contributed by atoms with E-state index in [1.165, 1.54) is 38.2 Å². The van der Waals surface area contributed by atoms with E-state index in [1.54, 1.807) is 6.07 Å². The topological polar surface area (TPSA) is 152 Å². The highest BCUT2D eigenvalue weighted by molar-refractivity contribution is 7.90. The number of aromatic amines is 1. The van der Waals surface area contributed by atoms with Crippen LogP contribution in [0.2, 0.25) is 5.02 Å². The molecule has 0 spiro atoms. The first-order valence-corrected chi connectivity index (χ1v) is 18.1. The van der Waals surface area contributed by atoms with Crippen molar-refractivity contribution in [2.75, 3.05) is 0 Å². The number of H-pyrrole nitrogens is 1. The fraction of sp³-hybridized carbons (Fsp3) is 0.324. The number of carbonyl (C=O) groups excluding carboxylic acids is 2. The number of benzene rings is 2. The smallest absolute Gasteiger partial charge is 0.293 e. The fourth-order valence-electron chi connectivity index (χ4n) is 6.69. The zero-order valence-corrected chi connectivity index (χ0v) is 29.2. The van der Waals surface area contributed by atoms with Gasteiger partial charge in [-0.2, -0.15) is 19.0 Å². The Labute approximate surface area is 302 Å². The average molecular weight is 780 g/mol. The molecule has 19 heteroatoms. The second-order valence-corrected chi connectivity index (χ2v) is 15.9. The van der Waals surface area contributed by atoms with Gasteiger partial charge in [0.05, 0.1) is 39.3 Å². The van der Waals surface area contributed by atoms with Crippen LogP contribution in [-0.4, -0.2) is 50.4 Å². The normalized spacial score (nSPS) is 17.9. The number of nitrogens with zero attached hydrogens (tertiary/aromatic N) is 4. The summed E-state index contributed by atoms with van der Waals surface area (Å²) < 4.78 is 115. The summed E-state index contributed by atoms with van der Waals surface area (Å²) in [6.07, 6.45) is -2.11. The molecule has 0 radical (unpaired) electrons. The monoisotopic (exact) mass is 779 g/mol. The highest BCUT2D eigenvalue weighted by atomic mass is 35.5. The maximum atomic E-state index is 15.3. The molecule has 3 aromatic heterocycles. The maximum absolute atomic E-state index is 15.3. The molecule has 3 unspecified atom stereocenters. The first-order chi connectivity index (χ1) is 24.9. The zero-order valence-electron chi connectivity index (χ0n) is 27.6. The Kier molecular flexibility index (Phi) is 9.03. The number of rotatable bonds is 11. The van der Waals surface area contributed by atoms with Crippen molar-refractivity contribution < 1.29 is 44.3 Å². The van der Waals surface area contributed by atoms with Crippen LogP contribution >= 0.6 is 11.6 Å². The molecule has 2 aliphatic carbocycles. The van der Waals surface area contributed by atoms with E-state index in [1.807, 2.05) is 4.72 Å². The molecule has 53 heavy (non-hydrogen) atoms. The number of hydrogen-bond donors (Lipinski definition) is 3. The van der Waals surface area contributed by atoms with Crippen molar-refractivity contribution in [3.8, 4) is 11.1 Å². The Hall–Kier alpha value is -4.97. The van der Waals surface area contributed by atoms with Crippen LogP contribution in [0.3, 0.4) is 0 Å². The standard InChI is InChI=1S/C34H28ClF6N7O4S/c1-14(2)53(51,52)47-33(50)21-8-16(3-4-23(21)35)19-11-24-26(12-42-45-24)44-29(19)25(7-15-5-17(36)9-18(37)6-15)43-27(49)13-48-31-28(30(46-48)32(38)39)20-10-22(20)34(31,40)41/h3-6,8-9,11-12,14,20,22,25,32H,7,10,13H2,1-2H3,(H,42,45)(H,43,49)(H,47,50). The molecule has 2 aromatic carbocycles. The second kappa shape index (κ2) is 13.2. The highest BCUT2D eigenvalue weighted by Crippen LogP contribution is 2.68. The first kappa shape index (κ1) is 36.4. The first-order valence-electron chi connectivity index (χ1n) is 16.2. The van der Waals surface area contributed by atoms with E-state index in [4.69, 9.17) is 11.6 Å². The SMILES string of the molecule is CC(C)S(=O)(=O)NC(=O)c1cc(-c2cc3[nH]ncc3nc2C(Cc2cc(F)cc(F)c2)NC(=O)Cn2nc(C(F)F)c3c2C(F)(F)C2CC32)ccc1Cl. The lowest BCUT2D eigenvalue weighted by molar-refractivity contribution is -0.123. The van der Waals surface area contributed by atoms with E-state index in [0.29, 0.717) is 16.3 Å². The number of halogens is 7. The lowest BCUT2D eigenvalue weighted by atomic mass is 9.94. The minimum Gasteiger partial charge on any atom is -0.346 e. The van der Waals surface area contributed by atoms with Gasteiger partial charge in [0, 0.05) is 23.1 Å². The largest absolute Gasteiger partial charge is 0.346 e. The molecule has 2 aliphatic rings. The minimum absolute atomic E-state index is 0.0242. The average Bonchev–Trinajstić information content (AvgIpc) is 3.48. The fourth-order valence-corrected chi connectivity index (χ4v) is 7.50. The molecule has 1 fully saturated rings. The summed E-state index contributed by atoms with van der Waals surface area (Å²) >= 11 is 6.32. The molecule has 7 rings (SSSR count). The van der Waals surface area contributed by atoms with Crippen molar-refractivity contribution in [2.45, 2.75) is 62.8 Å². The zero-order chi connectivity index (χ0) is 38.1. The van der Waals surface area contributed by atoms with Crippen molar-refractivity contribution in [3.63, 3.8) is 0 Å². The predicted octanol–water partition coefficient (Wildman–Crippen LogP) is 6.47. The van der Waals surface area contributed by atoms with E-state index >= 15 is 8.78 Å². The van der Waals surface area contributed by atoms with Crippen molar-refractivity contribution >= 4 is 44.5 Å². The third kappa shape index (κ3) is 6.73. The molecule has 2 amide bonds. The van der Waals surface area contributed by atoms with Crippen LogP contribution in [0.5, 0.6) is 0 Å². The van der Waals surface area contributed by atoms with Crippen molar-refractivity contribution in [1.82, 2.24) is 35.0 Å². The Bertz CT molecular complexity index is 2400. The number of carbonyl (C=O) groups is 2. The van der Waals surface area contributed by atoms with Crippen LogP contribution in [0.25, 0.3) is 22.2 Å². The molecule has 3 heterocycles. The van der Waals surface area contributed by atoms with Crippen molar-refractivity contribution in [2.24, 2.45) is 5.92 Å². The van der Waals surface area contributed by atoms with Crippen LogP contribution in [0.1, 0.15) is 77.2 Å². The minimum atomic E-state index is -4.07. The van der Waals surface area contributed by atoms with Gasteiger partial charge in [0.15, 0.2) is 0 Å². The molecular formula is C34H28ClF6N7O4S. The number of fused-ring (bicyclic) bond motifs is 4. The van der Waals surface area contributed by atoms with Gasteiger partial charge < -0.3 is 5.32 Å². The number of alkyl halides is 4. The molecule has 11 nitrogen and oxygen atoms in total. The van der Waals surface area contributed by atoms with E-state index < -0.39 is 86.9 Å². The number of aromatic nitrogens is 5. The summed E-state index contributed by atoms with van der Waals surface area (Å²) in [5.74, 6) is -9.31. The van der Waals surface area contributed by atoms with Gasteiger partial charge in [-0.15, -0.1) is 0 Å². The van der Waals surface area contributed by atoms with Gasteiger partial charge in [-0.3, -0.25) is 19.4 Å². The summed E-state index contributed by atoms with van der Waals surface area (Å²) in [6, 6.07) is 7.03. The Morgan fingerprint density at radius 1 is 1.08 bits per heavy atom. The van der Waals surface area contributed by atoms with E-state index in [2.05, 4.69) is 25.6 Å². The molecule has 0 aliphatic heterocycles. The number of hydrogen-bond acceptors (Lipinski definition) is 7. The van der Waals surface area contributed by atoms with E-state index in [-0.39, 0.29) is 56.9 Å². The number of amides is 2. The summed E-state index contributed by atoms with van der Waals surface area (Å²) in [6.45, 7) is 1.84. The predicted molar refractivity (Wildman–Crippen MR) is 179 cm³/mol. The number of pyridine rings is 1. The Morgan fingerprint density at radius 3 is 2.47 bits per heavy atom. The second-order valence-electron chi connectivity index (χ2n) is 13.2. The third-order valence-electron chi connectivity index (χ3n) is 9.32. The lowest BCUT2D eigenvalue weighted by Gasteiger charge is -2.23. The summed E-state index contributed by atoms with van der Waals surface area (Å²) in [7, 11) is -4.07. The molecule has 278 valence electrons. The number of sulfonamides is 1. The van der Waals surface area contributed by atoms with Gasteiger partial charge in [-0.25, -0.2) is 35.7 Å². The van der Waals surface area contributed by atoms with Crippen LogP contribution in [0, 0.1) is 17.6 Å². The van der Waals surface area contributed by atoms with Gasteiger partial charge in [-0.1, -0.05) is 17.7 Å². The van der Waals surface area contributed by atoms with Crippen LogP contribution in [0.4, 0.5) is 26.3 Å².